The minimum Gasteiger partial charge on any atom is -0.379 e. The standard InChI is InChI=1S/C23H29N5O3/c1-4-5-17-13-24-27(3)21-20(17)25-22(26-23(21)30)18-12-16(7-6-15(18)2)19(29)14-28-8-10-31-11-9-28/h6-7,12-13,24H,4-5,8-11,14H2,1-3H3,(H,25,26,30). The number of fused-ring (bicyclic) bond motifs is 1. The monoisotopic (exact) mass is 423 g/mol. The Labute approximate surface area is 181 Å². The summed E-state index contributed by atoms with van der Waals surface area (Å²) in [5.41, 5.74) is 7.43. The number of ketones is 1. The number of morpholine rings is 1. The topological polar surface area (TPSA) is 90.6 Å². The van der Waals surface area contributed by atoms with Crippen LogP contribution in [0.25, 0.3) is 17.0 Å². The zero-order chi connectivity index (χ0) is 22.0. The lowest BCUT2D eigenvalue weighted by atomic mass is 10.0. The molecule has 4 rings (SSSR count). The van der Waals surface area contributed by atoms with Gasteiger partial charge in [0.05, 0.1) is 19.8 Å². The number of aromatic nitrogens is 2. The number of benzene rings is 1. The van der Waals surface area contributed by atoms with Gasteiger partial charge in [0.15, 0.2) is 5.78 Å². The number of H-pyrrole nitrogens is 1. The highest BCUT2D eigenvalue weighted by Gasteiger charge is 2.23. The molecule has 8 heteroatoms. The van der Waals surface area contributed by atoms with E-state index in [0.29, 0.717) is 42.5 Å². The Hall–Kier alpha value is -2.97. The molecule has 0 aliphatic carbocycles. The van der Waals surface area contributed by atoms with Crippen molar-refractivity contribution in [2.75, 3.05) is 44.9 Å². The number of aromatic amines is 1. The Morgan fingerprint density at radius 1 is 1.26 bits per heavy atom. The summed E-state index contributed by atoms with van der Waals surface area (Å²) in [5, 5.41) is 1.68. The van der Waals surface area contributed by atoms with Crippen molar-refractivity contribution in [3.05, 3.63) is 51.6 Å². The molecule has 1 aromatic carbocycles. The Kier molecular flexibility index (Phi) is 6.20. The number of aryl methyl sites for hydroxylation is 1. The molecule has 2 aliphatic rings. The fraction of sp³-hybridized carbons (Fsp3) is 0.435. The number of Topliss-reactive ketones (excluding diaryl/α,β-unsaturated/α-hetero) is 1. The molecule has 1 aromatic heterocycles. The molecule has 0 amide bonds. The van der Waals surface area contributed by atoms with Crippen LogP contribution in [0.2, 0.25) is 0 Å². The first-order valence-electron chi connectivity index (χ1n) is 10.8. The van der Waals surface area contributed by atoms with Crippen molar-refractivity contribution < 1.29 is 9.53 Å². The molecule has 0 atom stereocenters. The molecule has 0 radical (unpaired) electrons. The summed E-state index contributed by atoms with van der Waals surface area (Å²) in [6, 6.07) is 5.60. The minimum absolute atomic E-state index is 0.0546. The van der Waals surface area contributed by atoms with E-state index in [4.69, 9.17) is 9.72 Å². The maximum atomic E-state index is 12.9. The second-order valence-corrected chi connectivity index (χ2v) is 8.06. The summed E-state index contributed by atoms with van der Waals surface area (Å²) in [4.78, 5) is 35.7. The van der Waals surface area contributed by atoms with Crippen molar-refractivity contribution in [3.8, 4) is 11.4 Å². The number of carbonyl (C=O) groups excluding carboxylic acids is 1. The van der Waals surface area contributed by atoms with Gasteiger partial charge < -0.3 is 15.1 Å². The van der Waals surface area contributed by atoms with Gasteiger partial charge >= 0.3 is 0 Å². The van der Waals surface area contributed by atoms with E-state index in [1.165, 1.54) is 0 Å². The van der Waals surface area contributed by atoms with Gasteiger partial charge in [-0.05, 0) is 30.5 Å². The van der Waals surface area contributed by atoms with E-state index in [1.807, 2.05) is 31.3 Å². The number of carbonyl (C=O) groups is 1. The summed E-state index contributed by atoms with van der Waals surface area (Å²) >= 11 is 0. The lowest BCUT2D eigenvalue weighted by Crippen LogP contribution is -2.39. The highest BCUT2D eigenvalue weighted by atomic mass is 16.5. The Morgan fingerprint density at radius 2 is 2.03 bits per heavy atom. The van der Waals surface area contributed by atoms with Crippen LogP contribution in [-0.2, 0) is 4.74 Å². The molecule has 3 heterocycles. The number of ether oxygens (including phenoxy) is 1. The van der Waals surface area contributed by atoms with Gasteiger partial charge in [0.1, 0.15) is 17.2 Å². The molecule has 8 nitrogen and oxygen atoms in total. The van der Waals surface area contributed by atoms with Crippen LogP contribution in [0.3, 0.4) is 0 Å². The second-order valence-electron chi connectivity index (χ2n) is 8.06. The molecule has 0 bridgehead atoms. The number of nitrogens with one attached hydrogen (secondary N) is 2. The van der Waals surface area contributed by atoms with Crippen LogP contribution >= 0.6 is 0 Å². The molecule has 0 spiro atoms. The maximum absolute atomic E-state index is 12.9. The highest BCUT2D eigenvalue weighted by Crippen LogP contribution is 2.30. The van der Waals surface area contributed by atoms with Gasteiger partial charge in [-0.1, -0.05) is 25.5 Å². The third-order valence-electron chi connectivity index (χ3n) is 5.77. The van der Waals surface area contributed by atoms with Crippen LogP contribution in [-0.4, -0.2) is 60.5 Å². The molecule has 0 unspecified atom stereocenters. The zero-order valence-corrected chi connectivity index (χ0v) is 18.3. The minimum atomic E-state index is -0.207. The lowest BCUT2D eigenvalue weighted by molar-refractivity contribution is 0.0371. The maximum Gasteiger partial charge on any atom is 0.277 e. The lowest BCUT2D eigenvalue weighted by Gasteiger charge is -2.27. The number of hydrazine groups is 1. The summed E-state index contributed by atoms with van der Waals surface area (Å²) < 4.78 is 5.36. The third-order valence-corrected chi connectivity index (χ3v) is 5.77. The van der Waals surface area contributed by atoms with Crippen molar-refractivity contribution >= 4 is 17.0 Å². The van der Waals surface area contributed by atoms with E-state index in [2.05, 4.69) is 22.2 Å². The zero-order valence-electron chi connectivity index (χ0n) is 18.3. The molecule has 2 aromatic rings. The molecular weight excluding hydrogens is 394 g/mol. The summed E-state index contributed by atoms with van der Waals surface area (Å²) in [6.45, 7) is 7.26. The van der Waals surface area contributed by atoms with Crippen molar-refractivity contribution in [1.29, 1.82) is 0 Å². The Bertz CT molecular complexity index is 1070. The molecule has 2 aliphatic heterocycles. The van der Waals surface area contributed by atoms with Crippen LogP contribution in [0.5, 0.6) is 0 Å². The van der Waals surface area contributed by atoms with Gasteiger partial charge in [-0.25, -0.2) is 4.98 Å². The molecule has 1 saturated heterocycles. The first-order chi connectivity index (χ1) is 15.0. The van der Waals surface area contributed by atoms with E-state index in [-0.39, 0.29) is 11.3 Å². The van der Waals surface area contributed by atoms with E-state index < -0.39 is 0 Å². The number of rotatable bonds is 6. The smallest absolute Gasteiger partial charge is 0.277 e. The van der Waals surface area contributed by atoms with Gasteiger partial charge in [-0.15, -0.1) is 0 Å². The van der Waals surface area contributed by atoms with Crippen LogP contribution in [0.1, 0.15) is 41.4 Å². The number of hydrogen-bond donors (Lipinski definition) is 2. The molecular formula is C23H29N5O3. The van der Waals surface area contributed by atoms with Crippen LogP contribution in [0, 0.1) is 6.92 Å². The molecule has 2 N–H and O–H groups in total. The van der Waals surface area contributed by atoms with Gasteiger partial charge in [0, 0.05) is 37.5 Å². The molecule has 0 saturated carbocycles. The third kappa shape index (κ3) is 4.40. The largest absolute Gasteiger partial charge is 0.379 e. The summed E-state index contributed by atoms with van der Waals surface area (Å²) in [5.74, 6) is 0.540. The number of anilines is 1. The number of hydrogen-bond acceptors (Lipinski definition) is 7. The van der Waals surface area contributed by atoms with Gasteiger partial charge in [-0.2, -0.15) is 0 Å². The number of nitrogens with zero attached hydrogens (tertiary/aromatic N) is 3. The van der Waals surface area contributed by atoms with Gasteiger partial charge in [0.25, 0.3) is 5.56 Å². The van der Waals surface area contributed by atoms with Crippen molar-refractivity contribution in [3.63, 3.8) is 0 Å². The normalized spacial score (nSPS) is 16.5. The quantitative estimate of drug-likeness (QED) is 0.689. The predicted octanol–water partition coefficient (Wildman–Crippen LogP) is 2.36. The van der Waals surface area contributed by atoms with Gasteiger partial charge in [0.2, 0.25) is 0 Å². The summed E-state index contributed by atoms with van der Waals surface area (Å²) in [7, 11) is 1.80. The Morgan fingerprint density at radius 3 is 2.77 bits per heavy atom. The first-order valence-corrected chi connectivity index (χ1v) is 10.8. The van der Waals surface area contributed by atoms with Crippen molar-refractivity contribution in [2.24, 2.45) is 0 Å². The van der Waals surface area contributed by atoms with E-state index in [0.717, 1.165) is 42.6 Å². The fourth-order valence-corrected chi connectivity index (χ4v) is 4.00. The summed E-state index contributed by atoms with van der Waals surface area (Å²) in [6.07, 6.45) is 3.67. The van der Waals surface area contributed by atoms with Crippen LogP contribution in [0.15, 0.2) is 29.2 Å². The average molecular weight is 424 g/mol. The van der Waals surface area contributed by atoms with Crippen LogP contribution in [0.4, 0.5) is 5.69 Å². The van der Waals surface area contributed by atoms with Crippen LogP contribution < -0.4 is 16.0 Å². The fourth-order valence-electron chi connectivity index (χ4n) is 4.00. The average Bonchev–Trinajstić information content (AvgIpc) is 2.76. The van der Waals surface area contributed by atoms with Gasteiger partial charge in [-0.3, -0.25) is 19.5 Å². The molecule has 164 valence electrons. The molecule has 1 fully saturated rings. The SMILES string of the molecule is CCCC1=CNN(C)c2c1nc(-c1cc(C(=O)CN3CCOCC3)ccc1C)[nH]c2=O. The second kappa shape index (κ2) is 9.03. The van der Waals surface area contributed by atoms with E-state index in [9.17, 15) is 9.59 Å². The van der Waals surface area contributed by atoms with E-state index in [1.54, 1.807) is 12.1 Å². The first kappa shape index (κ1) is 21.3. The Balaban J connectivity index is 1.70. The highest BCUT2D eigenvalue weighted by molar-refractivity contribution is 5.98. The van der Waals surface area contributed by atoms with Crippen molar-refractivity contribution in [1.82, 2.24) is 20.3 Å². The van der Waals surface area contributed by atoms with E-state index >= 15 is 0 Å². The number of allylic oxidation sites excluding steroid dienone is 1. The molecule has 31 heavy (non-hydrogen) atoms. The predicted molar refractivity (Wildman–Crippen MR) is 121 cm³/mol. The van der Waals surface area contributed by atoms with Crippen molar-refractivity contribution in [2.45, 2.75) is 26.7 Å².